The molecule has 27 heavy (non-hydrogen) atoms. The van der Waals surface area contributed by atoms with E-state index in [2.05, 4.69) is 26.0 Å². The summed E-state index contributed by atoms with van der Waals surface area (Å²) in [7, 11) is 0. The molecule has 5 heteroatoms. The van der Waals surface area contributed by atoms with Crippen LogP contribution in [0.4, 0.5) is 0 Å². The summed E-state index contributed by atoms with van der Waals surface area (Å²) in [6.45, 7) is 13.1. The van der Waals surface area contributed by atoms with Crippen molar-refractivity contribution in [3.8, 4) is 5.75 Å². The molecule has 0 bridgehead atoms. The number of hydrogen-bond donors (Lipinski definition) is 0. The van der Waals surface area contributed by atoms with Gasteiger partial charge in [-0.2, -0.15) is 0 Å². The van der Waals surface area contributed by atoms with E-state index < -0.39 is 11.6 Å². The van der Waals surface area contributed by atoms with Gasteiger partial charge in [0.25, 0.3) is 5.91 Å². The Morgan fingerprint density at radius 1 is 1.30 bits per heavy atom. The monoisotopic (exact) mass is 372 g/mol. The van der Waals surface area contributed by atoms with Gasteiger partial charge in [0.05, 0.1) is 0 Å². The smallest absolute Gasteiger partial charge is 0.266 e. The van der Waals surface area contributed by atoms with Gasteiger partial charge in [-0.15, -0.1) is 0 Å². The highest BCUT2D eigenvalue weighted by molar-refractivity contribution is 5.92. The van der Waals surface area contributed by atoms with Gasteiger partial charge in [-0.3, -0.25) is 9.59 Å². The number of piperazine rings is 1. The van der Waals surface area contributed by atoms with Gasteiger partial charge in [-0.25, -0.2) is 0 Å². The van der Waals surface area contributed by atoms with Gasteiger partial charge in [0, 0.05) is 19.1 Å². The Bertz CT molecular complexity index is 741. The first kappa shape index (κ1) is 19.7. The normalized spacial score (nSPS) is 23.0. The van der Waals surface area contributed by atoms with Crippen LogP contribution in [0.2, 0.25) is 0 Å². The molecular formula is C22H32N2O3. The molecule has 3 rings (SSSR count). The Morgan fingerprint density at radius 3 is 2.67 bits per heavy atom. The predicted molar refractivity (Wildman–Crippen MR) is 106 cm³/mol. The van der Waals surface area contributed by atoms with Gasteiger partial charge in [0.15, 0.2) is 5.60 Å². The zero-order chi connectivity index (χ0) is 19.9. The number of carbonyl (C=O) groups excluding carboxylic acids is 2. The molecule has 0 aliphatic carbocycles. The van der Waals surface area contributed by atoms with E-state index in [1.165, 1.54) is 0 Å². The predicted octanol–water partition coefficient (Wildman–Crippen LogP) is 3.50. The average molecular weight is 373 g/mol. The maximum Gasteiger partial charge on any atom is 0.266 e. The summed E-state index contributed by atoms with van der Waals surface area (Å²) in [5.41, 5.74) is 1.15. The summed E-state index contributed by atoms with van der Waals surface area (Å²) in [4.78, 5) is 29.7. The van der Waals surface area contributed by atoms with Gasteiger partial charge in [-0.05, 0) is 63.6 Å². The highest BCUT2D eigenvalue weighted by atomic mass is 16.5. The van der Waals surface area contributed by atoms with Crippen LogP contribution in [0.5, 0.6) is 5.75 Å². The summed E-state index contributed by atoms with van der Waals surface area (Å²) < 4.78 is 6.27. The number of rotatable bonds is 4. The lowest BCUT2D eigenvalue weighted by molar-refractivity contribution is -0.160. The van der Waals surface area contributed by atoms with E-state index in [0.717, 1.165) is 36.3 Å². The quantitative estimate of drug-likeness (QED) is 0.813. The van der Waals surface area contributed by atoms with Crippen molar-refractivity contribution in [3.63, 3.8) is 0 Å². The summed E-state index contributed by atoms with van der Waals surface area (Å²) >= 11 is 0. The van der Waals surface area contributed by atoms with Crippen LogP contribution in [0, 0.1) is 6.92 Å². The minimum atomic E-state index is -1.03. The molecule has 2 fully saturated rings. The van der Waals surface area contributed by atoms with Crippen LogP contribution in [0.3, 0.4) is 0 Å². The zero-order valence-corrected chi connectivity index (χ0v) is 17.4. The summed E-state index contributed by atoms with van der Waals surface area (Å²) in [5.74, 6) is 0.994. The highest BCUT2D eigenvalue weighted by Gasteiger charge is 2.46. The molecule has 1 aromatic rings. The van der Waals surface area contributed by atoms with Crippen molar-refractivity contribution in [3.05, 3.63) is 29.3 Å². The average Bonchev–Trinajstić information content (AvgIpc) is 3.05. The van der Waals surface area contributed by atoms with Crippen molar-refractivity contribution in [2.24, 2.45) is 0 Å². The number of fused-ring (bicyclic) bond motifs is 1. The van der Waals surface area contributed by atoms with Crippen LogP contribution in [0.15, 0.2) is 18.2 Å². The van der Waals surface area contributed by atoms with Crippen LogP contribution in [-0.2, 0) is 9.59 Å². The number of amides is 2. The van der Waals surface area contributed by atoms with Crippen LogP contribution in [-0.4, -0.2) is 52.4 Å². The Labute approximate surface area is 162 Å². The summed E-state index contributed by atoms with van der Waals surface area (Å²) in [6, 6.07) is 5.85. The minimum absolute atomic E-state index is 0.0614. The molecular weight excluding hydrogens is 340 g/mol. The highest BCUT2D eigenvalue weighted by Crippen LogP contribution is 2.33. The fourth-order valence-corrected chi connectivity index (χ4v) is 4.20. The zero-order valence-electron chi connectivity index (χ0n) is 17.4. The summed E-state index contributed by atoms with van der Waals surface area (Å²) in [6.07, 6.45) is 1.99. The SMILES string of the molecule is Cc1ccc(C(C)C)c(OC(C)(C)C(=O)N2C[C@H]3CCCN3C(=O)[C@H]2C)c1. The molecule has 0 radical (unpaired) electrons. The molecule has 0 unspecified atom stereocenters. The van der Waals surface area contributed by atoms with Crippen molar-refractivity contribution in [2.45, 2.75) is 78.0 Å². The molecule has 2 amide bonds. The Balaban J connectivity index is 1.83. The topological polar surface area (TPSA) is 49.9 Å². The maximum absolute atomic E-state index is 13.4. The van der Waals surface area contributed by atoms with Crippen LogP contribution in [0.1, 0.15) is 64.5 Å². The molecule has 0 spiro atoms. The number of benzene rings is 1. The molecule has 2 heterocycles. The van der Waals surface area contributed by atoms with E-state index in [0.29, 0.717) is 12.5 Å². The Hall–Kier alpha value is -2.04. The third-order valence-electron chi connectivity index (χ3n) is 5.82. The number of ether oxygens (including phenoxy) is 1. The second kappa shape index (κ2) is 7.17. The van der Waals surface area contributed by atoms with Crippen molar-refractivity contribution in [2.75, 3.05) is 13.1 Å². The first-order chi connectivity index (χ1) is 12.6. The third-order valence-corrected chi connectivity index (χ3v) is 5.82. The number of hydrogen-bond acceptors (Lipinski definition) is 3. The fraction of sp³-hybridized carbons (Fsp3) is 0.636. The van der Waals surface area contributed by atoms with E-state index in [-0.39, 0.29) is 17.9 Å². The number of nitrogens with zero attached hydrogens (tertiary/aromatic N) is 2. The minimum Gasteiger partial charge on any atom is -0.478 e. The number of aryl methyl sites for hydroxylation is 1. The van der Waals surface area contributed by atoms with Crippen molar-refractivity contribution >= 4 is 11.8 Å². The van der Waals surface area contributed by atoms with Gasteiger partial charge in [0.1, 0.15) is 11.8 Å². The van der Waals surface area contributed by atoms with Crippen LogP contribution in [0.25, 0.3) is 0 Å². The van der Waals surface area contributed by atoms with Crippen LogP contribution < -0.4 is 4.74 Å². The lowest BCUT2D eigenvalue weighted by Gasteiger charge is -2.44. The second-order valence-electron chi connectivity index (χ2n) is 8.77. The van der Waals surface area contributed by atoms with E-state index in [1.54, 1.807) is 18.7 Å². The van der Waals surface area contributed by atoms with Crippen molar-refractivity contribution in [1.29, 1.82) is 0 Å². The second-order valence-corrected chi connectivity index (χ2v) is 8.77. The number of carbonyl (C=O) groups is 2. The molecule has 148 valence electrons. The van der Waals surface area contributed by atoms with E-state index in [9.17, 15) is 9.59 Å². The Kier molecular flexibility index (Phi) is 5.24. The molecule has 0 N–H and O–H groups in total. The van der Waals surface area contributed by atoms with Gasteiger partial charge in [-0.1, -0.05) is 26.0 Å². The molecule has 2 aliphatic heterocycles. The lowest BCUT2D eigenvalue weighted by Crippen LogP contribution is -2.63. The summed E-state index contributed by atoms with van der Waals surface area (Å²) in [5, 5.41) is 0. The molecule has 0 saturated carbocycles. The molecule has 0 aromatic heterocycles. The van der Waals surface area contributed by atoms with Gasteiger partial charge in [0.2, 0.25) is 5.91 Å². The first-order valence-electron chi connectivity index (χ1n) is 10.0. The van der Waals surface area contributed by atoms with Gasteiger partial charge >= 0.3 is 0 Å². The third kappa shape index (κ3) is 3.69. The van der Waals surface area contributed by atoms with E-state index in [1.807, 2.05) is 24.8 Å². The van der Waals surface area contributed by atoms with E-state index >= 15 is 0 Å². The first-order valence-corrected chi connectivity index (χ1v) is 10.0. The van der Waals surface area contributed by atoms with Gasteiger partial charge < -0.3 is 14.5 Å². The molecule has 2 aliphatic rings. The lowest BCUT2D eigenvalue weighted by atomic mass is 9.98. The molecule has 5 nitrogen and oxygen atoms in total. The van der Waals surface area contributed by atoms with Crippen molar-refractivity contribution < 1.29 is 14.3 Å². The Morgan fingerprint density at radius 2 is 2.00 bits per heavy atom. The van der Waals surface area contributed by atoms with Crippen LogP contribution >= 0.6 is 0 Å². The largest absolute Gasteiger partial charge is 0.478 e. The van der Waals surface area contributed by atoms with E-state index in [4.69, 9.17) is 4.74 Å². The molecule has 2 atom stereocenters. The van der Waals surface area contributed by atoms with Crippen molar-refractivity contribution in [1.82, 2.24) is 9.80 Å². The fourth-order valence-electron chi connectivity index (χ4n) is 4.20. The molecule has 1 aromatic carbocycles. The standard InChI is InChI=1S/C22H32N2O3/c1-14(2)18-10-9-15(3)12-19(18)27-22(5,6)21(26)24-13-17-8-7-11-23(17)20(25)16(24)4/h9-10,12,14,16-17H,7-8,11,13H2,1-6H3/t16-,17-/m1/s1. The molecule has 2 saturated heterocycles. The maximum atomic E-state index is 13.4.